The van der Waals surface area contributed by atoms with E-state index in [9.17, 15) is 4.79 Å². The lowest BCUT2D eigenvalue weighted by Gasteiger charge is -2.25. The van der Waals surface area contributed by atoms with Crippen LogP contribution in [0.15, 0.2) is 0 Å². The average Bonchev–Trinajstić information content (AvgIpc) is 2.50. The van der Waals surface area contributed by atoms with E-state index in [-0.39, 0.29) is 12.2 Å². The first-order valence-electron chi connectivity index (χ1n) is 5.62. The van der Waals surface area contributed by atoms with Gasteiger partial charge in [-0.1, -0.05) is 0 Å². The zero-order chi connectivity index (χ0) is 11.4. The first kappa shape index (κ1) is 12.3. The van der Waals surface area contributed by atoms with Crippen LogP contribution in [0.4, 0.5) is 4.79 Å². The molecule has 0 aromatic rings. The lowest BCUT2D eigenvalue weighted by Crippen LogP contribution is -2.40. The van der Waals surface area contributed by atoms with Crippen molar-refractivity contribution < 1.29 is 9.53 Å². The van der Waals surface area contributed by atoms with E-state index in [0.717, 1.165) is 13.1 Å². The highest BCUT2D eigenvalue weighted by molar-refractivity contribution is 5.67. The molecule has 0 bridgehead atoms. The van der Waals surface area contributed by atoms with Crippen LogP contribution < -0.4 is 0 Å². The molecule has 1 rings (SSSR count). The number of amides is 1. The molecule has 0 radical (unpaired) electrons. The Morgan fingerprint density at radius 1 is 1.60 bits per heavy atom. The molecule has 15 heavy (non-hydrogen) atoms. The summed E-state index contributed by atoms with van der Waals surface area (Å²) in [6.07, 6.45) is 2.15. The van der Waals surface area contributed by atoms with Gasteiger partial charge >= 0.3 is 6.09 Å². The lowest BCUT2D eigenvalue weighted by molar-refractivity contribution is 0.0778. The van der Waals surface area contributed by atoms with Crippen LogP contribution in [0.5, 0.6) is 0 Å². The molecule has 0 aromatic carbocycles. The molecule has 1 unspecified atom stereocenters. The topological polar surface area (TPSA) is 32.8 Å². The van der Waals surface area contributed by atoms with E-state index in [1.807, 2.05) is 13.8 Å². The first-order valence-corrected chi connectivity index (χ1v) is 5.62. The van der Waals surface area contributed by atoms with Crippen molar-refractivity contribution >= 4 is 6.09 Å². The average molecular weight is 214 g/mol. The fourth-order valence-corrected chi connectivity index (χ4v) is 1.89. The van der Waals surface area contributed by atoms with Crippen LogP contribution in [0, 0.1) is 0 Å². The highest BCUT2D eigenvalue weighted by Gasteiger charge is 2.24. The van der Waals surface area contributed by atoms with E-state index < -0.39 is 0 Å². The highest BCUT2D eigenvalue weighted by atomic mass is 16.6. The van der Waals surface area contributed by atoms with E-state index >= 15 is 0 Å². The number of rotatable bonds is 3. The molecule has 1 amide bonds. The van der Waals surface area contributed by atoms with E-state index in [2.05, 4.69) is 11.9 Å². The molecule has 0 aromatic heterocycles. The molecule has 1 aliphatic rings. The molecule has 1 saturated heterocycles. The Balaban J connectivity index is 2.34. The summed E-state index contributed by atoms with van der Waals surface area (Å²) in [6, 6.07) is 0.495. The first-order chi connectivity index (χ1) is 7.00. The van der Waals surface area contributed by atoms with Crippen molar-refractivity contribution in [3.8, 4) is 0 Å². The number of likely N-dealkylation sites (tertiary alicyclic amines) is 1. The predicted octanol–water partition coefficient (Wildman–Crippen LogP) is 1.56. The van der Waals surface area contributed by atoms with Crippen LogP contribution >= 0.6 is 0 Å². The van der Waals surface area contributed by atoms with Crippen molar-refractivity contribution in [1.29, 1.82) is 0 Å². The highest BCUT2D eigenvalue weighted by Crippen LogP contribution is 2.15. The molecule has 4 nitrogen and oxygen atoms in total. The van der Waals surface area contributed by atoms with Crippen molar-refractivity contribution in [1.82, 2.24) is 9.80 Å². The van der Waals surface area contributed by atoms with Crippen LogP contribution in [0.25, 0.3) is 0 Å². The van der Waals surface area contributed by atoms with Gasteiger partial charge in [0.2, 0.25) is 0 Å². The Labute approximate surface area is 92.2 Å². The van der Waals surface area contributed by atoms with Gasteiger partial charge in [-0.25, -0.2) is 4.79 Å². The number of nitrogens with zero attached hydrogens (tertiary/aromatic N) is 2. The normalized spacial score (nSPS) is 22.1. The predicted molar refractivity (Wildman–Crippen MR) is 59.9 cm³/mol. The van der Waals surface area contributed by atoms with E-state index in [1.165, 1.54) is 12.8 Å². The summed E-state index contributed by atoms with van der Waals surface area (Å²) >= 11 is 0. The van der Waals surface area contributed by atoms with E-state index in [0.29, 0.717) is 6.04 Å². The maximum Gasteiger partial charge on any atom is 0.409 e. The molecule has 0 spiro atoms. The zero-order valence-electron chi connectivity index (χ0n) is 10.2. The third kappa shape index (κ3) is 3.70. The summed E-state index contributed by atoms with van der Waals surface area (Å²) in [6.45, 7) is 5.64. The summed E-state index contributed by atoms with van der Waals surface area (Å²) in [5, 5.41) is 0. The summed E-state index contributed by atoms with van der Waals surface area (Å²) < 4.78 is 5.13. The smallest absolute Gasteiger partial charge is 0.409 e. The molecular formula is C11H22N2O2. The molecule has 4 heteroatoms. The minimum atomic E-state index is -0.217. The van der Waals surface area contributed by atoms with Gasteiger partial charge in [-0.2, -0.15) is 0 Å². The SMILES string of the molecule is CC(C)OC(=O)N(C)CC1CCCN1C. The van der Waals surface area contributed by atoms with Crippen molar-refractivity contribution in [3.05, 3.63) is 0 Å². The maximum absolute atomic E-state index is 11.5. The Morgan fingerprint density at radius 3 is 2.73 bits per heavy atom. The minimum absolute atomic E-state index is 0.0405. The number of likely N-dealkylation sites (N-methyl/N-ethyl adjacent to an activating group) is 2. The van der Waals surface area contributed by atoms with Crippen LogP contribution in [0.3, 0.4) is 0 Å². The summed E-state index contributed by atoms with van der Waals surface area (Å²) in [7, 11) is 3.91. The summed E-state index contributed by atoms with van der Waals surface area (Å²) in [5.74, 6) is 0. The number of ether oxygens (including phenoxy) is 1. The third-order valence-corrected chi connectivity index (χ3v) is 2.80. The van der Waals surface area contributed by atoms with Gasteiger partial charge in [-0.15, -0.1) is 0 Å². The Bertz CT molecular complexity index is 219. The van der Waals surface area contributed by atoms with Gasteiger partial charge in [0, 0.05) is 19.6 Å². The molecule has 0 saturated carbocycles. The fraction of sp³-hybridized carbons (Fsp3) is 0.909. The van der Waals surface area contributed by atoms with Crippen molar-refractivity contribution in [3.63, 3.8) is 0 Å². The van der Waals surface area contributed by atoms with Crippen LogP contribution in [-0.2, 0) is 4.74 Å². The number of carbonyl (C=O) groups excluding carboxylic acids is 1. The van der Waals surface area contributed by atoms with E-state index in [1.54, 1.807) is 11.9 Å². The van der Waals surface area contributed by atoms with E-state index in [4.69, 9.17) is 4.74 Å². The van der Waals surface area contributed by atoms with Crippen molar-refractivity contribution in [2.24, 2.45) is 0 Å². The second-order valence-electron chi connectivity index (χ2n) is 4.59. The molecule has 1 aliphatic heterocycles. The molecule has 1 fully saturated rings. The maximum atomic E-state index is 11.5. The van der Waals surface area contributed by atoms with Crippen molar-refractivity contribution in [2.45, 2.75) is 38.8 Å². The van der Waals surface area contributed by atoms with Crippen LogP contribution in [0.1, 0.15) is 26.7 Å². The quantitative estimate of drug-likeness (QED) is 0.714. The van der Waals surface area contributed by atoms with Crippen LogP contribution in [-0.4, -0.2) is 55.2 Å². The fourth-order valence-electron chi connectivity index (χ4n) is 1.89. The molecule has 0 N–H and O–H groups in total. The lowest BCUT2D eigenvalue weighted by atomic mass is 10.2. The monoisotopic (exact) mass is 214 g/mol. The minimum Gasteiger partial charge on any atom is -0.447 e. The summed E-state index contributed by atoms with van der Waals surface area (Å²) in [5.41, 5.74) is 0. The Hall–Kier alpha value is -0.770. The van der Waals surface area contributed by atoms with Gasteiger partial charge in [-0.3, -0.25) is 0 Å². The number of carbonyl (C=O) groups is 1. The van der Waals surface area contributed by atoms with Crippen LogP contribution in [0.2, 0.25) is 0 Å². The molecule has 1 heterocycles. The van der Waals surface area contributed by atoms with Gasteiger partial charge in [-0.05, 0) is 40.3 Å². The van der Waals surface area contributed by atoms with Gasteiger partial charge in [0.1, 0.15) is 0 Å². The standard InChI is InChI=1S/C11H22N2O2/c1-9(2)15-11(14)13(4)8-10-6-5-7-12(10)3/h9-10H,5-8H2,1-4H3. The largest absolute Gasteiger partial charge is 0.447 e. The van der Waals surface area contributed by atoms with Gasteiger partial charge in [0.05, 0.1) is 6.10 Å². The second kappa shape index (κ2) is 5.35. The Morgan fingerprint density at radius 2 is 2.27 bits per heavy atom. The molecule has 0 aliphatic carbocycles. The number of hydrogen-bond donors (Lipinski definition) is 0. The Kier molecular flexibility index (Phi) is 4.39. The van der Waals surface area contributed by atoms with Crippen molar-refractivity contribution in [2.75, 3.05) is 27.2 Å². The molecular weight excluding hydrogens is 192 g/mol. The molecule has 88 valence electrons. The number of hydrogen-bond acceptors (Lipinski definition) is 3. The van der Waals surface area contributed by atoms with Gasteiger partial charge < -0.3 is 14.5 Å². The molecule has 1 atom stereocenters. The zero-order valence-corrected chi connectivity index (χ0v) is 10.2. The summed E-state index contributed by atoms with van der Waals surface area (Å²) in [4.78, 5) is 15.5. The third-order valence-electron chi connectivity index (χ3n) is 2.80. The van der Waals surface area contributed by atoms with Gasteiger partial charge in [0.15, 0.2) is 0 Å². The second-order valence-corrected chi connectivity index (χ2v) is 4.59. The van der Waals surface area contributed by atoms with Gasteiger partial charge in [0.25, 0.3) is 0 Å².